The number of benzene rings is 3. The first-order valence-corrected chi connectivity index (χ1v) is 10.6. The largest absolute Gasteiger partial charge is 0.347 e. The van der Waals surface area contributed by atoms with Crippen molar-refractivity contribution in [1.29, 1.82) is 0 Å². The lowest BCUT2D eigenvalue weighted by Crippen LogP contribution is -2.06. The van der Waals surface area contributed by atoms with Crippen LogP contribution < -0.4 is 0 Å². The van der Waals surface area contributed by atoms with Gasteiger partial charge in [0, 0.05) is 34.8 Å². The molecule has 3 aromatic carbocycles. The van der Waals surface area contributed by atoms with Crippen LogP contribution in [0, 0.1) is 0 Å². The third-order valence-corrected chi connectivity index (χ3v) is 6.37. The van der Waals surface area contributed by atoms with Gasteiger partial charge in [0.15, 0.2) is 0 Å². The van der Waals surface area contributed by atoms with Gasteiger partial charge in [0.25, 0.3) is 0 Å². The Morgan fingerprint density at radius 3 is 2.03 bits per heavy atom. The van der Waals surface area contributed by atoms with Gasteiger partial charge < -0.3 is 4.57 Å². The van der Waals surface area contributed by atoms with Crippen molar-refractivity contribution in [3.05, 3.63) is 84.1 Å². The van der Waals surface area contributed by atoms with Crippen LogP contribution in [0.1, 0.15) is 37.9 Å². The quantitative estimate of drug-likeness (QED) is 0.302. The Morgan fingerprint density at radius 1 is 0.724 bits per heavy atom. The Bertz CT molecular complexity index is 1310. The van der Waals surface area contributed by atoms with Gasteiger partial charge in [0.1, 0.15) is 0 Å². The van der Waals surface area contributed by atoms with Crippen molar-refractivity contribution in [1.82, 2.24) is 4.57 Å². The second-order valence-corrected chi connectivity index (χ2v) is 8.33. The number of aromatic nitrogens is 1. The number of rotatable bonds is 3. The molecule has 0 saturated carbocycles. The second-order valence-electron chi connectivity index (χ2n) is 8.33. The fourth-order valence-corrected chi connectivity index (χ4v) is 4.92. The third-order valence-electron chi connectivity index (χ3n) is 6.37. The summed E-state index contributed by atoms with van der Waals surface area (Å²) in [5.74, 6) is 0.509. The minimum Gasteiger partial charge on any atom is -0.347 e. The minimum absolute atomic E-state index is 0.509. The average Bonchev–Trinajstić information content (AvgIpc) is 3.10. The van der Waals surface area contributed by atoms with Crippen LogP contribution in [0.5, 0.6) is 0 Å². The molecule has 2 aliphatic rings. The minimum atomic E-state index is 0.509. The van der Waals surface area contributed by atoms with Crippen LogP contribution in [-0.2, 0) is 13.5 Å². The Hall–Kier alpha value is -3.06. The highest BCUT2D eigenvalue weighted by Crippen LogP contribution is 2.50. The molecule has 1 aliphatic carbocycles. The molecule has 3 aromatic rings. The highest BCUT2D eigenvalue weighted by molar-refractivity contribution is 6.21. The van der Waals surface area contributed by atoms with E-state index in [4.69, 9.17) is 0 Å². The molecule has 29 heavy (non-hydrogen) atoms. The lowest BCUT2D eigenvalue weighted by Gasteiger charge is -2.21. The average molecular weight is 378 g/mol. The van der Waals surface area contributed by atoms with Crippen LogP contribution in [0.3, 0.4) is 0 Å². The van der Waals surface area contributed by atoms with Gasteiger partial charge in [0.2, 0.25) is 0 Å². The maximum atomic E-state index is 2.42. The molecule has 0 N–H and O–H groups in total. The fourth-order valence-electron chi connectivity index (χ4n) is 4.92. The smallest absolute Gasteiger partial charge is 0.0486 e. The van der Waals surface area contributed by atoms with E-state index in [1.807, 2.05) is 0 Å². The van der Waals surface area contributed by atoms with Crippen molar-refractivity contribution in [2.24, 2.45) is 7.05 Å². The summed E-state index contributed by atoms with van der Waals surface area (Å²) in [4.78, 5) is 0. The molecule has 144 valence electrons. The summed E-state index contributed by atoms with van der Waals surface area (Å²) in [5, 5.41) is 4.08. The van der Waals surface area contributed by atoms with E-state index in [9.17, 15) is 0 Å². The number of hydrogen-bond acceptors (Lipinski definition) is 0. The molecular weight excluding hydrogens is 350 g/mol. The molecule has 5 rings (SSSR count). The maximum Gasteiger partial charge on any atom is 0.0486 e. The molecule has 0 atom stereocenters. The lowest BCUT2D eigenvalue weighted by molar-refractivity contribution is 0.848. The van der Waals surface area contributed by atoms with E-state index < -0.39 is 0 Å². The van der Waals surface area contributed by atoms with Crippen LogP contribution >= 0.6 is 0 Å². The molecule has 0 saturated heterocycles. The van der Waals surface area contributed by atoms with E-state index in [1.54, 1.807) is 0 Å². The van der Waals surface area contributed by atoms with E-state index in [0.29, 0.717) is 5.92 Å². The molecule has 1 heterocycles. The van der Waals surface area contributed by atoms with Crippen molar-refractivity contribution >= 4 is 21.7 Å². The normalized spacial score (nSPS) is 11.9. The molecule has 0 spiro atoms. The first-order valence-electron chi connectivity index (χ1n) is 10.6. The van der Waals surface area contributed by atoms with Gasteiger partial charge in [-0.05, 0) is 51.9 Å². The third kappa shape index (κ3) is 2.61. The fraction of sp³-hybridized carbons (Fsp3) is 0.214. The summed E-state index contributed by atoms with van der Waals surface area (Å²) in [6.07, 6.45) is 1.01. The van der Waals surface area contributed by atoms with Crippen LogP contribution in [0.4, 0.5) is 0 Å². The van der Waals surface area contributed by atoms with Crippen molar-refractivity contribution in [3.63, 3.8) is 0 Å². The monoisotopic (exact) mass is 377 g/mol. The highest BCUT2D eigenvalue weighted by Gasteiger charge is 2.25. The highest BCUT2D eigenvalue weighted by atomic mass is 14.9. The van der Waals surface area contributed by atoms with E-state index >= 15 is 0 Å². The predicted octanol–water partition coefficient (Wildman–Crippen LogP) is 7.79. The second kappa shape index (κ2) is 6.77. The van der Waals surface area contributed by atoms with Crippen LogP contribution in [-0.4, -0.2) is 4.57 Å². The molecule has 0 aromatic heterocycles. The van der Waals surface area contributed by atoms with E-state index in [2.05, 4.69) is 105 Å². The van der Waals surface area contributed by atoms with Crippen LogP contribution in [0.2, 0.25) is 0 Å². The number of pyridine rings is 1. The molecule has 0 unspecified atom stereocenters. The van der Waals surface area contributed by atoms with E-state index in [1.165, 1.54) is 55.2 Å². The summed E-state index contributed by atoms with van der Waals surface area (Å²) >= 11 is 0. The van der Waals surface area contributed by atoms with Crippen molar-refractivity contribution in [3.8, 4) is 22.3 Å². The summed E-state index contributed by atoms with van der Waals surface area (Å²) < 4.78 is 2.41. The summed E-state index contributed by atoms with van der Waals surface area (Å²) in [6.45, 7) is 6.82. The number of hydrogen-bond donors (Lipinski definition) is 0. The lowest BCUT2D eigenvalue weighted by atomic mass is 9.91. The zero-order valence-corrected chi connectivity index (χ0v) is 17.7. The molecule has 1 heteroatoms. The van der Waals surface area contributed by atoms with Crippen molar-refractivity contribution < 1.29 is 0 Å². The van der Waals surface area contributed by atoms with Gasteiger partial charge >= 0.3 is 0 Å². The van der Waals surface area contributed by atoms with Gasteiger partial charge in [-0.1, -0.05) is 81.4 Å². The van der Waals surface area contributed by atoms with Crippen molar-refractivity contribution in [2.45, 2.75) is 33.1 Å². The van der Waals surface area contributed by atoms with Gasteiger partial charge in [-0.3, -0.25) is 0 Å². The first kappa shape index (κ1) is 18.0. The van der Waals surface area contributed by atoms with Gasteiger partial charge in [-0.25, -0.2) is 0 Å². The van der Waals surface area contributed by atoms with Gasteiger partial charge in [-0.2, -0.15) is 0 Å². The Balaban J connectivity index is 2.07. The molecule has 0 bridgehead atoms. The van der Waals surface area contributed by atoms with E-state index in [-0.39, 0.29) is 0 Å². The standard InChI is InChI=1S/C28H27N/c1-5-24-27-22-14-10-9-13-21(22)26(19-11-7-6-8-12-19)28(27)23-17-20(18(2)3)15-16-25(23)29(24)4/h6-18H,5H2,1-4H3. The molecule has 1 aliphatic heterocycles. The molecule has 1 nitrogen and oxygen atoms in total. The van der Waals surface area contributed by atoms with Gasteiger partial charge in [-0.15, -0.1) is 0 Å². The molecule has 0 amide bonds. The number of aryl methyl sites for hydroxylation is 1. The molecule has 0 radical (unpaired) electrons. The van der Waals surface area contributed by atoms with Crippen LogP contribution in [0.15, 0.2) is 72.8 Å². The topological polar surface area (TPSA) is 4.93 Å². The zero-order chi connectivity index (χ0) is 20.1. The Kier molecular flexibility index (Phi) is 4.20. The first-order chi connectivity index (χ1) is 14.1. The Morgan fingerprint density at radius 2 is 1.38 bits per heavy atom. The molecule has 0 fully saturated rings. The molecular formula is C28H27N. The zero-order valence-electron chi connectivity index (χ0n) is 17.7. The summed E-state index contributed by atoms with van der Waals surface area (Å²) in [7, 11) is 2.22. The predicted molar refractivity (Wildman–Crippen MR) is 126 cm³/mol. The Labute approximate surface area is 172 Å². The summed E-state index contributed by atoms with van der Waals surface area (Å²) in [5.41, 5.74) is 9.60. The SMILES string of the molecule is CCc1c2c3ccccc3c(-c3ccccc3)c-2c2cc(C(C)C)ccc2n1C. The van der Waals surface area contributed by atoms with Crippen LogP contribution in [0.25, 0.3) is 43.9 Å². The maximum absolute atomic E-state index is 2.42. The number of nitrogens with zero attached hydrogens (tertiary/aromatic N) is 1. The van der Waals surface area contributed by atoms with Gasteiger partial charge in [0.05, 0.1) is 0 Å². The van der Waals surface area contributed by atoms with Crippen molar-refractivity contribution in [2.75, 3.05) is 0 Å². The van der Waals surface area contributed by atoms with E-state index in [0.717, 1.165) is 6.42 Å². The summed E-state index contributed by atoms with van der Waals surface area (Å²) in [6, 6.07) is 26.8. The number of fused-ring (bicyclic) bond motifs is 5.